The lowest BCUT2D eigenvalue weighted by molar-refractivity contribution is 0.0160. The normalized spacial score (nSPS) is 17.0. The summed E-state index contributed by atoms with van der Waals surface area (Å²) >= 11 is 1.81. The Morgan fingerprint density at radius 2 is 1.91 bits per heavy atom. The molecular formula is C18H36N2O2S. The molecule has 3 atom stereocenters. The lowest BCUT2D eigenvalue weighted by Gasteiger charge is -2.33. The van der Waals surface area contributed by atoms with Gasteiger partial charge in [0.2, 0.25) is 0 Å². The van der Waals surface area contributed by atoms with Gasteiger partial charge in [0, 0.05) is 19.1 Å². The first-order valence-corrected chi connectivity index (χ1v) is 9.82. The molecule has 0 amide bonds. The first-order chi connectivity index (χ1) is 11.0. The summed E-state index contributed by atoms with van der Waals surface area (Å²) in [6.45, 7) is 11.6. The highest BCUT2D eigenvalue weighted by Gasteiger charge is 2.21. The summed E-state index contributed by atoms with van der Waals surface area (Å²) in [5, 5.41) is 25.2. The van der Waals surface area contributed by atoms with Gasteiger partial charge in [0.25, 0.3) is 0 Å². The molecule has 0 saturated carbocycles. The summed E-state index contributed by atoms with van der Waals surface area (Å²) in [5.41, 5.74) is 1.35. The molecule has 0 aliphatic heterocycles. The van der Waals surface area contributed by atoms with Crippen LogP contribution >= 0.6 is 11.8 Å². The quantitative estimate of drug-likeness (QED) is 0.353. The van der Waals surface area contributed by atoms with E-state index in [-0.39, 0.29) is 6.04 Å². The largest absolute Gasteiger partial charge is 0.379 e. The van der Waals surface area contributed by atoms with Gasteiger partial charge in [-0.15, -0.1) is 11.8 Å². The molecule has 0 heterocycles. The Morgan fingerprint density at radius 3 is 2.43 bits per heavy atom. The molecule has 5 heteroatoms. The maximum atomic E-state index is 10.5. The number of allylic oxidation sites excluding steroid dienone is 1. The van der Waals surface area contributed by atoms with Crippen molar-refractivity contribution in [2.75, 3.05) is 18.8 Å². The molecule has 0 aromatic carbocycles. The molecule has 0 bridgehead atoms. The fourth-order valence-electron chi connectivity index (χ4n) is 2.27. The minimum atomic E-state index is -0.604. The van der Waals surface area contributed by atoms with Gasteiger partial charge in [-0.05, 0) is 49.5 Å². The van der Waals surface area contributed by atoms with E-state index in [2.05, 4.69) is 43.3 Å². The van der Waals surface area contributed by atoms with E-state index in [0.717, 1.165) is 31.6 Å². The minimum absolute atomic E-state index is 0.119. The SMILES string of the molecule is CC/C=C/C(O)N(C/C(=C/SCC)CCC)C(C)CNC(C)O. The van der Waals surface area contributed by atoms with Crippen LogP contribution in [0, 0.1) is 0 Å². The summed E-state index contributed by atoms with van der Waals surface area (Å²) < 4.78 is 0. The minimum Gasteiger partial charge on any atom is -0.379 e. The van der Waals surface area contributed by atoms with Gasteiger partial charge in [0.1, 0.15) is 12.5 Å². The highest BCUT2D eigenvalue weighted by molar-refractivity contribution is 8.02. The molecule has 23 heavy (non-hydrogen) atoms. The van der Waals surface area contributed by atoms with Crippen LogP contribution in [0.2, 0.25) is 0 Å². The molecule has 0 spiro atoms. The number of nitrogens with one attached hydrogen (secondary N) is 1. The molecule has 136 valence electrons. The third-order valence-corrected chi connectivity index (χ3v) is 4.37. The van der Waals surface area contributed by atoms with Gasteiger partial charge < -0.3 is 10.2 Å². The predicted octanol–water partition coefficient (Wildman–Crippen LogP) is 3.33. The third kappa shape index (κ3) is 11.0. The van der Waals surface area contributed by atoms with Crippen LogP contribution in [0.25, 0.3) is 0 Å². The van der Waals surface area contributed by atoms with E-state index in [0.29, 0.717) is 6.54 Å². The van der Waals surface area contributed by atoms with Crippen molar-refractivity contribution >= 4 is 11.8 Å². The lowest BCUT2D eigenvalue weighted by atomic mass is 10.1. The highest BCUT2D eigenvalue weighted by Crippen LogP contribution is 2.17. The summed E-state index contributed by atoms with van der Waals surface area (Å²) in [7, 11) is 0. The zero-order valence-electron chi connectivity index (χ0n) is 15.5. The van der Waals surface area contributed by atoms with Crippen LogP contribution in [0.15, 0.2) is 23.1 Å². The van der Waals surface area contributed by atoms with Crippen molar-refractivity contribution in [1.29, 1.82) is 0 Å². The Hall–Kier alpha value is -0.330. The molecular weight excluding hydrogens is 308 g/mol. The summed E-state index contributed by atoms with van der Waals surface area (Å²) in [4.78, 5) is 2.08. The van der Waals surface area contributed by atoms with Crippen molar-refractivity contribution in [2.24, 2.45) is 0 Å². The molecule has 0 radical (unpaired) electrons. The van der Waals surface area contributed by atoms with E-state index in [1.165, 1.54) is 5.57 Å². The topological polar surface area (TPSA) is 55.7 Å². The second kappa shape index (κ2) is 14.1. The number of rotatable bonds is 13. The molecule has 0 aromatic heterocycles. The van der Waals surface area contributed by atoms with Crippen LogP contribution in [-0.4, -0.2) is 52.5 Å². The van der Waals surface area contributed by atoms with Gasteiger partial charge in [0.05, 0.1) is 0 Å². The Labute approximate surface area is 147 Å². The molecule has 0 aliphatic rings. The smallest absolute Gasteiger partial charge is 0.127 e. The second-order valence-corrected chi connectivity index (χ2v) is 6.98. The Kier molecular flexibility index (Phi) is 13.8. The summed E-state index contributed by atoms with van der Waals surface area (Å²) in [5.74, 6) is 1.06. The average Bonchev–Trinajstić information content (AvgIpc) is 2.52. The maximum Gasteiger partial charge on any atom is 0.127 e. The zero-order chi connectivity index (χ0) is 17.7. The molecule has 0 aromatic rings. The van der Waals surface area contributed by atoms with E-state index >= 15 is 0 Å². The second-order valence-electron chi connectivity index (χ2n) is 5.84. The third-order valence-electron chi connectivity index (χ3n) is 3.53. The number of nitrogens with zero attached hydrogens (tertiary/aromatic N) is 1. The first kappa shape index (κ1) is 22.7. The number of hydrogen-bond donors (Lipinski definition) is 3. The van der Waals surface area contributed by atoms with Crippen molar-refractivity contribution in [3.8, 4) is 0 Å². The van der Waals surface area contributed by atoms with Gasteiger partial charge in [-0.2, -0.15) is 0 Å². The number of hydrogen-bond acceptors (Lipinski definition) is 5. The van der Waals surface area contributed by atoms with Crippen molar-refractivity contribution in [2.45, 2.75) is 72.4 Å². The number of aliphatic hydroxyl groups is 2. The van der Waals surface area contributed by atoms with Gasteiger partial charge in [-0.3, -0.25) is 10.2 Å². The van der Waals surface area contributed by atoms with Crippen molar-refractivity contribution in [1.82, 2.24) is 10.2 Å². The fourth-order valence-corrected chi connectivity index (χ4v) is 2.86. The Balaban J connectivity index is 5.02. The van der Waals surface area contributed by atoms with Crippen LogP contribution in [0.3, 0.4) is 0 Å². The van der Waals surface area contributed by atoms with Crippen molar-refractivity contribution in [3.63, 3.8) is 0 Å². The van der Waals surface area contributed by atoms with E-state index < -0.39 is 12.5 Å². The maximum absolute atomic E-state index is 10.5. The van der Waals surface area contributed by atoms with E-state index in [4.69, 9.17) is 0 Å². The standard InChI is InChI=1S/C18H36N2O2S/c1-6-9-11-18(22)20(15(4)12-19-16(5)21)13-17(10-7-2)14-23-8-3/h9,11,14-16,18-19,21-22H,6-8,10,12-13H2,1-5H3/b11-9+,17-14+. The number of aliphatic hydroxyl groups excluding tert-OH is 2. The lowest BCUT2D eigenvalue weighted by Crippen LogP contribution is -2.48. The van der Waals surface area contributed by atoms with E-state index in [1.54, 1.807) is 6.92 Å². The van der Waals surface area contributed by atoms with E-state index in [9.17, 15) is 10.2 Å². The highest BCUT2D eigenvalue weighted by atomic mass is 32.2. The summed E-state index contributed by atoms with van der Waals surface area (Å²) in [6.07, 6.45) is 5.77. The first-order valence-electron chi connectivity index (χ1n) is 8.77. The van der Waals surface area contributed by atoms with Crippen molar-refractivity contribution < 1.29 is 10.2 Å². The van der Waals surface area contributed by atoms with Crippen LogP contribution < -0.4 is 5.32 Å². The van der Waals surface area contributed by atoms with Crippen LogP contribution in [0.5, 0.6) is 0 Å². The Bertz CT molecular complexity index is 346. The molecule has 0 aliphatic carbocycles. The monoisotopic (exact) mass is 344 g/mol. The zero-order valence-corrected chi connectivity index (χ0v) is 16.3. The van der Waals surface area contributed by atoms with Gasteiger partial charge >= 0.3 is 0 Å². The Morgan fingerprint density at radius 1 is 1.22 bits per heavy atom. The van der Waals surface area contributed by atoms with Gasteiger partial charge in [-0.1, -0.05) is 33.3 Å². The molecule has 0 rings (SSSR count). The fraction of sp³-hybridized carbons (Fsp3) is 0.778. The summed E-state index contributed by atoms with van der Waals surface area (Å²) in [6, 6.07) is 0.119. The van der Waals surface area contributed by atoms with Gasteiger partial charge in [0.15, 0.2) is 0 Å². The van der Waals surface area contributed by atoms with Gasteiger partial charge in [-0.25, -0.2) is 0 Å². The van der Waals surface area contributed by atoms with Crippen LogP contribution in [0.4, 0.5) is 0 Å². The molecule has 0 saturated heterocycles. The van der Waals surface area contributed by atoms with E-state index in [1.807, 2.05) is 23.9 Å². The predicted molar refractivity (Wildman–Crippen MR) is 102 cm³/mol. The van der Waals surface area contributed by atoms with Crippen LogP contribution in [-0.2, 0) is 0 Å². The number of thioether (sulfide) groups is 1. The molecule has 0 fully saturated rings. The van der Waals surface area contributed by atoms with Crippen molar-refractivity contribution in [3.05, 3.63) is 23.1 Å². The molecule has 3 N–H and O–H groups in total. The van der Waals surface area contributed by atoms with Crippen LogP contribution in [0.1, 0.15) is 53.9 Å². The molecule has 3 unspecified atom stereocenters. The molecule has 4 nitrogen and oxygen atoms in total. The average molecular weight is 345 g/mol.